The SMILES string of the molecule is CCCCCOC(=O)/C=C(/C)CC. The summed E-state index contributed by atoms with van der Waals surface area (Å²) in [5.74, 6) is -0.199. The van der Waals surface area contributed by atoms with E-state index in [0.29, 0.717) is 6.61 Å². The molecule has 0 saturated heterocycles. The van der Waals surface area contributed by atoms with Gasteiger partial charge in [-0.15, -0.1) is 0 Å². The van der Waals surface area contributed by atoms with E-state index in [1.165, 1.54) is 0 Å². The predicted octanol–water partition coefficient (Wildman–Crippen LogP) is 3.08. The molecule has 0 aliphatic carbocycles. The maximum Gasteiger partial charge on any atom is 0.330 e. The van der Waals surface area contributed by atoms with Crippen LogP contribution in [0.5, 0.6) is 0 Å². The molecule has 0 radical (unpaired) electrons. The standard InChI is InChI=1S/C11H20O2/c1-4-6-7-8-13-11(12)9-10(3)5-2/h9H,4-8H2,1-3H3/b10-9-. The maximum absolute atomic E-state index is 11.1. The molecular formula is C11H20O2. The molecule has 0 unspecified atom stereocenters. The van der Waals surface area contributed by atoms with Gasteiger partial charge in [0.05, 0.1) is 6.61 Å². The normalized spacial score (nSPS) is 11.5. The summed E-state index contributed by atoms with van der Waals surface area (Å²) < 4.78 is 5.00. The van der Waals surface area contributed by atoms with Crippen molar-refractivity contribution in [2.24, 2.45) is 0 Å². The molecule has 2 heteroatoms. The van der Waals surface area contributed by atoms with E-state index in [1.807, 2.05) is 13.8 Å². The van der Waals surface area contributed by atoms with Crippen LogP contribution in [-0.4, -0.2) is 12.6 Å². The molecule has 0 fully saturated rings. The summed E-state index contributed by atoms with van der Waals surface area (Å²) in [5, 5.41) is 0. The number of esters is 1. The highest BCUT2D eigenvalue weighted by Crippen LogP contribution is 1.99. The third-order valence-electron chi connectivity index (χ3n) is 1.91. The van der Waals surface area contributed by atoms with E-state index in [0.717, 1.165) is 31.3 Å². The summed E-state index contributed by atoms with van der Waals surface area (Å²) >= 11 is 0. The quantitative estimate of drug-likeness (QED) is 0.360. The Hall–Kier alpha value is -0.790. The van der Waals surface area contributed by atoms with Crippen LogP contribution in [0, 0.1) is 0 Å². The molecule has 0 bridgehead atoms. The molecule has 0 spiro atoms. The lowest BCUT2D eigenvalue weighted by Crippen LogP contribution is -2.02. The van der Waals surface area contributed by atoms with Crippen LogP contribution < -0.4 is 0 Å². The second kappa shape index (κ2) is 7.84. The van der Waals surface area contributed by atoms with E-state index >= 15 is 0 Å². The van der Waals surface area contributed by atoms with Crippen molar-refractivity contribution in [3.05, 3.63) is 11.6 Å². The minimum absolute atomic E-state index is 0.199. The van der Waals surface area contributed by atoms with Crippen LogP contribution in [0.2, 0.25) is 0 Å². The van der Waals surface area contributed by atoms with Gasteiger partial charge in [-0.2, -0.15) is 0 Å². The molecule has 13 heavy (non-hydrogen) atoms. The molecular weight excluding hydrogens is 164 g/mol. The highest BCUT2D eigenvalue weighted by molar-refractivity contribution is 5.82. The van der Waals surface area contributed by atoms with Crippen LogP contribution in [0.4, 0.5) is 0 Å². The van der Waals surface area contributed by atoms with Crippen molar-refractivity contribution in [1.29, 1.82) is 0 Å². The Kier molecular flexibility index (Phi) is 7.36. The van der Waals surface area contributed by atoms with Crippen molar-refractivity contribution >= 4 is 5.97 Å². The zero-order valence-electron chi connectivity index (χ0n) is 8.93. The Balaban J connectivity index is 3.51. The zero-order chi connectivity index (χ0) is 10.1. The van der Waals surface area contributed by atoms with Crippen LogP contribution in [0.3, 0.4) is 0 Å². The summed E-state index contributed by atoms with van der Waals surface area (Å²) in [4.78, 5) is 11.1. The molecule has 0 aromatic rings. The van der Waals surface area contributed by atoms with Crippen LogP contribution in [0.1, 0.15) is 46.5 Å². The van der Waals surface area contributed by atoms with Gasteiger partial charge in [-0.1, -0.05) is 32.3 Å². The number of hydrogen-bond acceptors (Lipinski definition) is 2. The van der Waals surface area contributed by atoms with E-state index in [9.17, 15) is 4.79 Å². The molecule has 0 aliphatic heterocycles. The van der Waals surface area contributed by atoms with Crippen molar-refractivity contribution in [2.75, 3.05) is 6.61 Å². The number of hydrogen-bond donors (Lipinski definition) is 0. The fraction of sp³-hybridized carbons (Fsp3) is 0.727. The molecule has 76 valence electrons. The first-order chi connectivity index (χ1) is 6.20. The monoisotopic (exact) mass is 184 g/mol. The Bertz CT molecular complexity index is 171. The first-order valence-corrected chi connectivity index (χ1v) is 5.04. The van der Waals surface area contributed by atoms with Gasteiger partial charge in [0.2, 0.25) is 0 Å². The summed E-state index contributed by atoms with van der Waals surface area (Å²) in [6, 6.07) is 0. The lowest BCUT2D eigenvalue weighted by atomic mass is 10.2. The molecule has 0 rings (SSSR count). The first kappa shape index (κ1) is 12.2. The fourth-order valence-electron chi connectivity index (χ4n) is 0.870. The lowest BCUT2D eigenvalue weighted by molar-refractivity contribution is -0.137. The van der Waals surface area contributed by atoms with Gasteiger partial charge in [0.15, 0.2) is 0 Å². The summed E-state index contributed by atoms with van der Waals surface area (Å²) in [6.45, 7) is 6.65. The zero-order valence-corrected chi connectivity index (χ0v) is 8.93. The van der Waals surface area contributed by atoms with E-state index < -0.39 is 0 Å². The predicted molar refractivity (Wildman–Crippen MR) is 54.5 cm³/mol. The van der Waals surface area contributed by atoms with Gasteiger partial charge in [-0.05, 0) is 19.8 Å². The van der Waals surface area contributed by atoms with E-state index in [4.69, 9.17) is 4.74 Å². The number of ether oxygens (including phenoxy) is 1. The second-order valence-corrected chi connectivity index (χ2v) is 3.22. The highest BCUT2D eigenvalue weighted by Gasteiger charge is 1.97. The number of allylic oxidation sites excluding steroid dienone is 1. The highest BCUT2D eigenvalue weighted by atomic mass is 16.5. The Morgan fingerprint density at radius 1 is 1.31 bits per heavy atom. The lowest BCUT2D eigenvalue weighted by Gasteiger charge is -2.01. The second-order valence-electron chi connectivity index (χ2n) is 3.22. The average Bonchev–Trinajstić information content (AvgIpc) is 2.12. The molecule has 0 saturated carbocycles. The molecule has 0 aliphatic rings. The number of carbonyl (C=O) groups is 1. The molecule has 0 N–H and O–H groups in total. The molecule has 2 nitrogen and oxygen atoms in total. The van der Waals surface area contributed by atoms with Crippen molar-refractivity contribution in [1.82, 2.24) is 0 Å². The van der Waals surface area contributed by atoms with Crippen LogP contribution in [-0.2, 0) is 9.53 Å². The Morgan fingerprint density at radius 2 is 2.00 bits per heavy atom. The van der Waals surface area contributed by atoms with Crippen LogP contribution in [0.15, 0.2) is 11.6 Å². The van der Waals surface area contributed by atoms with Gasteiger partial charge in [-0.3, -0.25) is 0 Å². The molecule has 0 aromatic carbocycles. The number of unbranched alkanes of at least 4 members (excludes halogenated alkanes) is 2. The summed E-state index contributed by atoms with van der Waals surface area (Å²) in [6.07, 6.45) is 5.74. The largest absolute Gasteiger partial charge is 0.463 e. The van der Waals surface area contributed by atoms with Crippen LogP contribution >= 0.6 is 0 Å². The summed E-state index contributed by atoms with van der Waals surface area (Å²) in [5.41, 5.74) is 1.07. The van der Waals surface area contributed by atoms with Gasteiger partial charge in [-0.25, -0.2) is 4.79 Å². The van der Waals surface area contributed by atoms with E-state index in [2.05, 4.69) is 6.92 Å². The van der Waals surface area contributed by atoms with Gasteiger partial charge in [0.25, 0.3) is 0 Å². The van der Waals surface area contributed by atoms with Crippen molar-refractivity contribution in [3.8, 4) is 0 Å². The van der Waals surface area contributed by atoms with Gasteiger partial charge < -0.3 is 4.74 Å². The van der Waals surface area contributed by atoms with Crippen molar-refractivity contribution < 1.29 is 9.53 Å². The smallest absolute Gasteiger partial charge is 0.330 e. The third-order valence-corrected chi connectivity index (χ3v) is 1.91. The fourth-order valence-corrected chi connectivity index (χ4v) is 0.870. The number of carbonyl (C=O) groups excluding carboxylic acids is 1. The van der Waals surface area contributed by atoms with E-state index in [1.54, 1.807) is 6.08 Å². The van der Waals surface area contributed by atoms with Gasteiger partial charge in [0.1, 0.15) is 0 Å². The first-order valence-electron chi connectivity index (χ1n) is 5.04. The van der Waals surface area contributed by atoms with Crippen molar-refractivity contribution in [2.45, 2.75) is 46.5 Å². The Morgan fingerprint density at radius 3 is 2.54 bits per heavy atom. The molecule has 0 amide bonds. The number of rotatable bonds is 6. The molecule has 0 aromatic heterocycles. The minimum atomic E-state index is -0.199. The van der Waals surface area contributed by atoms with Gasteiger partial charge >= 0.3 is 5.97 Å². The maximum atomic E-state index is 11.1. The van der Waals surface area contributed by atoms with Gasteiger partial charge in [0, 0.05) is 6.08 Å². The molecule has 0 heterocycles. The third kappa shape index (κ3) is 7.57. The topological polar surface area (TPSA) is 26.3 Å². The van der Waals surface area contributed by atoms with Crippen LogP contribution in [0.25, 0.3) is 0 Å². The summed E-state index contributed by atoms with van der Waals surface area (Å²) in [7, 11) is 0. The molecule has 0 atom stereocenters. The van der Waals surface area contributed by atoms with E-state index in [-0.39, 0.29) is 5.97 Å². The minimum Gasteiger partial charge on any atom is -0.463 e. The van der Waals surface area contributed by atoms with Crippen molar-refractivity contribution in [3.63, 3.8) is 0 Å². The Labute approximate surface area is 81.0 Å². The average molecular weight is 184 g/mol.